The van der Waals surface area contributed by atoms with Crippen LogP contribution in [0.4, 0.5) is 5.69 Å². The molecule has 0 bridgehead atoms. The molecule has 0 aromatic heterocycles. The van der Waals surface area contributed by atoms with Crippen LogP contribution in [0.25, 0.3) is 0 Å². The highest BCUT2D eigenvalue weighted by molar-refractivity contribution is 7.89. The van der Waals surface area contributed by atoms with Crippen LogP contribution in [0.5, 0.6) is 0 Å². The van der Waals surface area contributed by atoms with Crippen LogP contribution in [0, 0.1) is 0 Å². The summed E-state index contributed by atoms with van der Waals surface area (Å²) in [6.45, 7) is 0.530. The number of rotatable bonds is 6. The van der Waals surface area contributed by atoms with E-state index in [-0.39, 0.29) is 33.3 Å². The van der Waals surface area contributed by atoms with Crippen molar-refractivity contribution in [1.29, 1.82) is 0 Å². The average Bonchev–Trinajstić information content (AvgIpc) is 2.94. The first-order valence-electron chi connectivity index (χ1n) is 6.76. The van der Waals surface area contributed by atoms with Gasteiger partial charge < -0.3 is 10.5 Å². The van der Waals surface area contributed by atoms with Gasteiger partial charge in [-0.2, -0.15) is 0 Å². The van der Waals surface area contributed by atoms with Gasteiger partial charge in [0.15, 0.2) is 0 Å². The monoisotopic (exact) mass is 352 g/mol. The van der Waals surface area contributed by atoms with Crippen LogP contribution in [-0.2, 0) is 14.8 Å². The van der Waals surface area contributed by atoms with E-state index in [1.807, 2.05) is 0 Å². The molecule has 3 N–H and O–H groups in total. The molecule has 0 heterocycles. The lowest BCUT2D eigenvalue weighted by Crippen LogP contribution is -2.29. The number of ether oxygens (including phenoxy) is 1. The molecular formula is C13H18Cl2N2O3S. The summed E-state index contributed by atoms with van der Waals surface area (Å²) < 4.78 is 32.4. The third-order valence-electron chi connectivity index (χ3n) is 3.43. The Labute approximate surface area is 134 Å². The Kier molecular flexibility index (Phi) is 5.73. The Bertz CT molecular complexity index is 602. The van der Waals surface area contributed by atoms with Gasteiger partial charge in [0.25, 0.3) is 0 Å². The summed E-state index contributed by atoms with van der Waals surface area (Å²) in [4.78, 5) is -0.0769. The van der Waals surface area contributed by atoms with E-state index in [1.165, 1.54) is 25.0 Å². The van der Waals surface area contributed by atoms with Crippen LogP contribution in [0.3, 0.4) is 0 Å². The van der Waals surface area contributed by atoms with Gasteiger partial charge in [0.2, 0.25) is 10.0 Å². The van der Waals surface area contributed by atoms with Crippen molar-refractivity contribution in [3.8, 4) is 0 Å². The Morgan fingerprint density at radius 3 is 2.62 bits per heavy atom. The highest BCUT2D eigenvalue weighted by atomic mass is 35.5. The lowest BCUT2D eigenvalue weighted by Gasteiger charge is -2.13. The zero-order valence-corrected chi connectivity index (χ0v) is 13.8. The second-order valence-electron chi connectivity index (χ2n) is 4.95. The van der Waals surface area contributed by atoms with E-state index in [0.29, 0.717) is 6.61 Å². The molecule has 1 aliphatic carbocycles. The van der Waals surface area contributed by atoms with Crippen molar-refractivity contribution < 1.29 is 13.2 Å². The number of nitrogen functional groups attached to an aromatic ring is 1. The van der Waals surface area contributed by atoms with E-state index in [4.69, 9.17) is 33.7 Å². The third-order valence-corrected chi connectivity index (χ3v) is 5.78. The maximum Gasteiger partial charge on any atom is 0.242 e. The predicted octanol–water partition coefficient (Wildman–Crippen LogP) is 2.81. The number of benzene rings is 1. The van der Waals surface area contributed by atoms with Gasteiger partial charge >= 0.3 is 0 Å². The van der Waals surface area contributed by atoms with E-state index >= 15 is 0 Å². The van der Waals surface area contributed by atoms with E-state index < -0.39 is 10.0 Å². The molecule has 0 aliphatic heterocycles. The van der Waals surface area contributed by atoms with Gasteiger partial charge in [-0.3, -0.25) is 0 Å². The SMILES string of the molecule is Nc1c(Cl)ccc(S(=O)(=O)NCCOC2CCCC2)c1Cl. The quantitative estimate of drug-likeness (QED) is 0.609. The minimum absolute atomic E-state index is 0.0587. The van der Waals surface area contributed by atoms with E-state index in [1.54, 1.807) is 0 Å². The molecule has 2 rings (SSSR count). The third kappa shape index (κ3) is 4.23. The van der Waals surface area contributed by atoms with E-state index in [2.05, 4.69) is 4.72 Å². The Balaban J connectivity index is 1.93. The van der Waals surface area contributed by atoms with Crippen LogP contribution in [0.15, 0.2) is 17.0 Å². The van der Waals surface area contributed by atoms with Crippen LogP contribution in [0.1, 0.15) is 25.7 Å². The number of sulfonamides is 1. The number of nitrogens with two attached hydrogens (primary N) is 1. The average molecular weight is 353 g/mol. The number of anilines is 1. The van der Waals surface area contributed by atoms with Crippen molar-refractivity contribution in [1.82, 2.24) is 4.72 Å². The second-order valence-corrected chi connectivity index (χ2v) is 7.47. The molecule has 0 saturated heterocycles. The summed E-state index contributed by atoms with van der Waals surface area (Å²) in [6.07, 6.45) is 4.70. The molecule has 0 unspecified atom stereocenters. The van der Waals surface area contributed by atoms with E-state index in [9.17, 15) is 8.42 Å². The van der Waals surface area contributed by atoms with Crippen LogP contribution in [0.2, 0.25) is 10.0 Å². The molecule has 21 heavy (non-hydrogen) atoms. The molecule has 1 aromatic carbocycles. The van der Waals surface area contributed by atoms with Gasteiger partial charge in [0.05, 0.1) is 28.4 Å². The molecule has 0 spiro atoms. The van der Waals surface area contributed by atoms with Gasteiger partial charge in [0.1, 0.15) is 4.90 Å². The molecule has 1 aromatic rings. The molecular weight excluding hydrogens is 335 g/mol. The summed E-state index contributed by atoms with van der Waals surface area (Å²) in [6, 6.07) is 2.74. The van der Waals surface area contributed by atoms with Crippen LogP contribution < -0.4 is 10.5 Å². The molecule has 0 amide bonds. The maximum absolute atomic E-state index is 12.2. The fourth-order valence-electron chi connectivity index (χ4n) is 2.29. The van der Waals surface area contributed by atoms with Crippen molar-refractivity contribution in [2.24, 2.45) is 0 Å². The molecule has 1 fully saturated rings. The number of hydrogen-bond acceptors (Lipinski definition) is 4. The van der Waals surface area contributed by atoms with Crippen LogP contribution in [-0.4, -0.2) is 27.7 Å². The number of halogens is 2. The zero-order chi connectivity index (χ0) is 15.5. The van der Waals surface area contributed by atoms with Crippen LogP contribution >= 0.6 is 23.2 Å². The molecule has 0 radical (unpaired) electrons. The molecule has 0 atom stereocenters. The van der Waals surface area contributed by atoms with Crippen molar-refractivity contribution in [2.45, 2.75) is 36.7 Å². The second kappa shape index (κ2) is 7.15. The van der Waals surface area contributed by atoms with E-state index in [0.717, 1.165) is 12.8 Å². The normalized spacial score (nSPS) is 16.5. The fraction of sp³-hybridized carbons (Fsp3) is 0.538. The Morgan fingerprint density at radius 2 is 1.95 bits per heavy atom. The Morgan fingerprint density at radius 1 is 1.29 bits per heavy atom. The van der Waals surface area contributed by atoms with Gasteiger partial charge in [-0.05, 0) is 25.0 Å². The Hall–Kier alpha value is -0.530. The minimum atomic E-state index is -3.73. The fourth-order valence-corrected chi connectivity index (χ4v) is 4.07. The summed E-state index contributed by atoms with van der Waals surface area (Å²) in [5.41, 5.74) is 5.69. The topological polar surface area (TPSA) is 81.4 Å². The lowest BCUT2D eigenvalue weighted by molar-refractivity contribution is 0.0626. The number of hydrogen-bond donors (Lipinski definition) is 2. The molecule has 8 heteroatoms. The van der Waals surface area contributed by atoms with Crippen molar-refractivity contribution in [3.05, 3.63) is 22.2 Å². The van der Waals surface area contributed by atoms with Gasteiger partial charge in [-0.1, -0.05) is 36.0 Å². The first-order valence-corrected chi connectivity index (χ1v) is 9.00. The maximum atomic E-state index is 12.2. The standard InChI is InChI=1S/C13H18Cl2N2O3S/c14-10-5-6-11(12(15)13(10)16)21(18,19)17-7-8-20-9-3-1-2-4-9/h5-6,9,17H,1-4,7-8,16H2. The highest BCUT2D eigenvalue weighted by Gasteiger charge is 2.21. The number of nitrogens with one attached hydrogen (secondary N) is 1. The summed E-state index contributed by atoms with van der Waals surface area (Å²) >= 11 is 11.7. The van der Waals surface area contributed by atoms with Gasteiger partial charge in [-0.15, -0.1) is 0 Å². The van der Waals surface area contributed by atoms with Crippen molar-refractivity contribution in [2.75, 3.05) is 18.9 Å². The van der Waals surface area contributed by atoms with Gasteiger partial charge in [-0.25, -0.2) is 13.1 Å². The first-order chi connectivity index (χ1) is 9.92. The smallest absolute Gasteiger partial charge is 0.242 e. The zero-order valence-electron chi connectivity index (χ0n) is 11.4. The molecule has 5 nitrogen and oxygen atoms in total. The highest BCUT2D eigenvalue weighted by Crippen LogP contribution is 2.32. The predicted molar refractivity (Wildman–Crippen MR) is 84.3 cm³/mol. The summed E-state index contributed by atoms with van der Waals surface area (Å²) in [5.74, 6) is 0. The van der Waals surface area contributed by atoms with Gasteiger partial charge in [0, 0.05) is 6.54 Å². The van der Waals surface area contributed by atoms with Crippen molar-refractivity contribution >= 4 is 38.9 Å². The lowest BCUT2D eigenvalue weighted by atomic mass is 10.3. The largest absolute Gasteiger partial charge is 0.396 e. The summed E-state index contributed by atoms with van der Waals surface area (Å²) in [7, 11) is -3.73. The summed E-state index contributed by atoms with van der Waals surface area (Å²) in [5, 5.41) is 0.162. The molecule has 1 aliphatic rings. The van der Waals surface area contributed by atoms with Crippen molar-refractivity contribution in [3.63, 3.8) is 0 Å². The first kappa shape index (κ1) is 16.8. The minimum Gasteiger partial charge on any atom is -0.396 e. The molecule has 1 saturated carbocycles. The molecule has 118 valence electrons.